The topological polar surface area (TPSA) is 159 Å². The van der Waals surface area contributed by atoms with Crippen LogP contribution in [0.25, 0.3) is 10.9 Å². The van der Waals surface area contributed by atoms with Crippen LogP contribution in [0.5, 0.6) is 5.75 Å². The smallest absolute Gasteiger partial charge is 0.251 e. The van der Waals surface area contributed by atoms with Crippen LogP contribution in [0.1, 0.15) is 55.2 Å². The molecule has 6 N–H and O–H groups in total. The lowest BCUT2D eigenvalue weighted by molar-refractivity contribution is 0.0882. The zero-order chi connectivity index (χ0) is 29.1. The van der Waals surface area contributed by atoms with Crippen molar-refractivity contribution in [1.29, 1.82) is 0 Å². The first-order valence-corrected chi connectivity index (χ1v) is 13.2. The van der Waals surface area contributed by atoms with Crippen molar-refractivity contribution in [1.82, 2.24) is 25.9 Å². The number of phenolic OH excluding ortho intramolecular Hbond substituents is 1. The number of nitrogens with zero attached hydrogens (tertiary/aromatic N) is 2. The van der Waals surface area contributed by atoms with E-state index in [2.05, 4.69) is 25.9 Å². The number of aryl methyl sites for hydroxylation is 1. The third-order valence-electron chi connectivity index (χ3n) is 7.07. The van der Waals surface area contributed by atoms with Crippen molar-refractivity contribution in [2.45, 2.75) is 31.8 Å². The highest BCUT2D eigenvalue weighted by atomic mass is 35.5. The number of ketones is 1. The highest BCUT2D eigenvalue weighted by Gasteiger charge is 2.28. The maximum absolute atomic E-state index is 15.3. The Labute approximate surface area is 247 Å². The van der Waals surface area contributed by atoms with Crippen LogP contribution < -0.4 is 21.7 Å². The van der Waals surface area contributed by atoms with Crippen molar-refractivity contribution in [3.05, 3.63) is 94.6 Å². The average Bonchev–Trinajstić information content (AvgIpc) is 3.18. The highest BCUT2D eigenvalue weighted by molar-refractivity contribution is 6.13. The second-order valence-electron chi connectivity index (χ2n) is 9.99. The summed E-state index contributed by atoms with van der Waals surface area (Å²) in [5.74, 6) is -2.61. The van der Waals surface area contributed by atoms with Crippen LogP contribution in [0.2, 0.25) is 0 Å². The van der Waals surface area contributed by atoms with Gasteiger partial charge < -0.3 is 26.8 Å². The number of anilines is 1. The molecule has 3 heterocycles. The van der Waals surface area contributed by atoms with Gasteiger partial charge in [0, 0.05) is 40.5 Å². The van der Waals surface area contributed by atoms with Gasteiger partial charge in [-0.1, -0.05) is 18.2 Å². The molecule has 2 amide bonds. The molecule has 42 heavy (non-hydrogen) atoms. The number of nitrogens with two attached hydrogens (primary N) is 1. The van der Waals surface area contributed by atoms with Gasteiger partial charge in [0.05, 0.1) is 12.1 Å². The Morgan fingerprint density at radius 2 is 1.67 bits per heavy atom. The monoisotopic (exact) mass is 592 g/mol. The number of halogens is 2. The Kier molecular flexibility index (Phi) is 9.34. The number of amides is 2. The predicted molar refractivity (Wildman–Crippen MR) is 158 cm³/mol. The van der Waals surface area contributed by atoms with Crippen molar-refractivity contribution in [3.63, 3.8) is 0 Å². The summed E-state index contributed by atoms with van der Waals surface area (Å²) in [7, 11) is 0. The summed E-state index contributed by atoms with van der Waals surface area (Å²) in [5.41, 5.74) is 6.54. The van der Waals surface area contributed by atoms with E-state index >= 15 is 4.39 Å². The molecule has 0 bridgehead atoms. The van der Waals surface area contributed by atoms with E-state index < -0.39 is 22.9 Å². The van der Waals surface area contributed by atoms with Gasteiger partial charge in [0.2, 0.25) is 0 Å². The molecule has 2 aromatic carbocycles. The quantitative estimate of drug-likeness (QED) is 0.213. The van der Waals surface area contributed by atoms with E-state index in [-0.39, 0.29) is 58.8 Å². The number of carbonyl (C=O) groups excluding carboxylic acids is 3. The Bertz CT molecular complexity index is 1650. The Hall–Kier alpha value is -4.61. The van der Waals surface area contributed by atoms with Crippen molar-refractivity contribution in [2.24, 2.45) is 0 Å². The van der Waals surface area contributed by atoms with Crippen molar-refractivity contribution in [2.75, 3.05) is 18.8 Å². The highest BCUT2D eigenvalue weighted by Crippen LogP contribution is 2.30. The molecule has 1 fully saturated rings. The molecule has 0 spiro atoms. The number of benzene rings is 2. The van der Waals surface area contributed by atoms with Gasteiger partial charge in [-0.25, -0.2) is 9.37 Å². The molecule has 4 aromatic rings. The number of nitrogen functional groups attached to an aromatic ring is 1. The van der Waals surface area contributed by atoms with Crippen LogP contribution in [0.15, 0.2) is 60.8 Å². The summed E-state index contributed by atoms with van der Waals surface area (Å²) in [5, 5.41) is 20.0. The molecular formula is C30H30ClFN6O4. The van der Waals surface area contributed by atoms with E-state index in [4.69, 9.17) is 5.73 Å². The number of hydrogen-bond donors (Lipinski definition) is 5. The minimum Gasteiger partial charge on any atom is -0.507 e. The van der Waals surface area contributed by atoms with Gasteiger partial charge in [-0.15, -0.1) is 12.4 Å². The third-order valence-corrected chi connectivity index (χ3v) is 7.07. The first-order chi connectivity index (χ1) is 19.7. The molecule has 0 saturated carbocycles. The summed E-state index contributed by atoms with van der Waals surface area (Å²) < 4.78 is 15.3. The maximum Gasteiger partial charge on any atom is 0.251 e. The number of rotatable bonds is 6. The number of carbonyl (C=O) groups is 3. The standard InChI is InChI=1S/C30H29FN6O4.ClH/c1-16-4-5-19-13-23(38)25(26(31)27(19)35-16)28(39)17-6-8-18(9-7-17)29(40)36-21-3-2-11-33-15-22(21)37-30(41)20-10-12-34-24(32)14-20;/h4-10,12-14,21-22,33,38H,2-3,11,15H2,1H3,(H2,32,34)(H,36,40)(H,37,41);1H/t21-,22-;/m1./s1. The van der Waals surface area contributed by atoms with Gasteiger partial charge in [0.15, 0.2) is 11.6 Å². The van der Waals surface area contributed by atoms with Gasteiger partial charge in [0.1, 0.15) is 22.6 Å². The fraction of sp³-hybridized carbons (Fsp3) is 0.233. The average molecular weight is 593 g/mol. The van der Waals surface area contributed by atoms with Gasteiger partial charge in [0.25, 0.3) is 11.8 Å². The van der Waals surface area contributed by atoms with Gasteiger partial charge >= 0.3 is 0 Å². The molecule has 0 unspecified atom stereocenters. The normalized spacial score (nSPS) is 16.6. The predicted octanol–water partition coefficient (Wildman–Crippen LogP) is 3.30. The molecule has 1 aliphatic heterocycles. The lowest BCUT2D eigenvalue weighted by atomic mass is 9.98. The molecule has 218 valence electrons. The lowest BCUT2D eigenvalue weighted by Crippen LogP contribution is -2.54. The van der Waals surface area contributed by atoms with Gasteiger partial charge in [-0.3, -0.25) is 19.4 Å². The van der Waals surface area contributed by atoms with Crippen LogP contribution in [0.4, 0.5) is 10.2 Å². The molecule has 0 aliphatic carbocycles. The fourth-order valence-corrected chi connectivity index (χ4v) is 4.91. The molecule has 2 atom stereocenters. The fourth-order valence-electron chi connectivity index (χ4n) is 4.91. The minimum absolute atomic E-state index is 0. The first kappa shape index (κ1) is 30.4. The second kappa shape index (κ2) is 12.9. The zero-order valence-corrected chi connectivity index (χ0v) is 23.5. The number of fused-ring (bicyclic) bond motifs is 1. The maximum atomic E-state index is 15.3. The van der Waals surface area contributed by atoms with Gasteiger partial charge in [-0.2, -0.15) is 0 Å². The van der Waals surface area contributed by atoms with E-state index in [0.717, 1.165) is 13.0 Å². The summed E-state index contributed by atoms with van der Waals surface area (Å²) in [6, 6.07) is 12.7. The van der Waals surface area contributed by atoms with Crippen LogP contribution >= 0.6 is 12.4 Å². The minimum atomic E-state index is -0.903. The molecular weight excluding hydrogens is 563 g/mol. The number of aromatic nitrogens is 2. The number of hydrogen-bond acceptors (Lipinski definition) is 8. The van der Waals surface area contributed by atoms with E-state index in [1.165, 1.54) is 42.6 Å². The SMILES string of the molecule is Cc1ccc2cc(O)c(C(=O)c3ccc(C(=O)N[C@@H]4CCCNC[C@H]4NC(=O)c4ccnc(N)c4)cc3)c(F)c2n1.Cl. The van der Waals surface area contributed by atoms with E-state index in [9.17, 15) is 19.5 Å². The molecule has 0 radical (unpaired) electrons. The van der Waals surface area contributed by atoms with E-state index in [1.807, 2.05) is 0 Å². The molecule has 2 aromatic heterocycles. The Morgan fingerprint density at radius 3 is 2.40 bits per heavy atom. The van der Waals surface area contributed by atoms with Crippen LogP contribution in [-0.2, 0) is 0 Å². The van der Waals surface area contributed by atoms with Crippen molar-refractivity contribution in [3.8, 4) is 5.75 Å². The summed E-state index contributed by atoms with van der Waals surface area (Å²) in [6.45, 7) is 2.90. The second-order valence-corrected chi connectivity index (χ2v) is 9.99. The van der Waals surface area contributed by atoms with Gasteiger partial charge in [-0.05, 0) is 62.7 Å². The first-order valence-electron chi connectivity index (χ1n) is 13.2. The van der Waals surface area contributed by atoms with Crippen LogP contribution in [0, 0.1) is 12.7 Å². The van der Waals surface area contributed by atoms with E-state index in [1.54, 1.807) is 25.1 Å². The third kappa shape index (κ3) is 6.48. The summed E-state index contributed by atoms with van der Waals surface area (Å²) in [4.78, 5) is 47.2. The lowest BCUT2D eigenvalue weighted by Gasteiger charge is -2.27. The Balaban J connectivity index is 0.00000405. The molecule has 5 rings (SSSR count). The Morgan fingerprint density at radius 1 is 0.976 bits per heavy atom. The number of aromatic hydroxyl groups is 1. The largest absolute Gasteiger partial charge is 0.507 e. The molecule has 12 heteroatoms. The van der Waals surface area contributed by atoms with Crippen LogP contribution in [0.3, 0.4) is 0 Å². The van der Waals surface area contributed by atoms with E-state index in [0.29, 0.717) is 29.6 Å². The molecule has 10 nitrogen and oxygen atoms in total. The molecule has 1 saturated heterocycles. The molecule has 1 aliphatic rings. The zero-order valence-electron chi connectivity index (χ0n) is 22.7. The number of phenols is 1. The van der Waals surface area contributed by atoms with Crippen molar-refractivity contribution < 1.29 is 23.9 Å². The summed E-state index contributed by atoms with van der Waals surface area (Å²) >= 11 is 0. The number of pyridine rings is 2. The van der Waals surface area contributed by atoms with Crippen molar-refractivity contribution >= 4 is 46.7 Å². The summed E-state index contributed by atoms with van der Waals surface area (Å²) in [6.07, 6.45) is 2.88. The van der Waals surface area contributed by atoms with Crippen LogP contribution in [-0.4, -0.2) is 57.8 Å². The number of nitrogens with one attached hydrogen (secondary N) is 3.